The fraction of sp³-hybridized carbons (Fsp3) is 0.524. The molecule has 1 aliphatic rings. The van der Waals surface area contributed by atoms with Crippen molar-refractivity contribution in [1.29, 1.82) is 0 Å². The van der Waals surface area contributed by atoms with E-state index in [0.717, 1.165) is 44.0 Å². The van der Waals surface area contributed by atoms with Gasteiger partial charge in [-0.1, -0.05) is 18.2 Å². The van der Waals surface area contributed by atoms with Gasteiger partial charge in [0.1, 0.15) is 0 Å². The van der Waals surface area contributed by atoms with Gasteiger partial charge in [-0.25, -0.2) is 0 Å². The molecule has 2 aromatic rings. The fourth-order valence-electron chi connectivity index (χ4n) is 3.89. The average molecular weight is 354 g/mol. The molecule has 26 heavy (non-hydrogen) atoms. The zero-order chi connectivity index (χ0) is 18.7. The van der Waals surface area contributed by atoms with Crippen molar-refractivity contribution in [3.8, 4) is 0 Å². The highest BCUT2D eigenvalue weighted by molar-refractivity contribution is 5.77. The molecule has 1 amide bonds. The Hall–Kier alpha value is -2.30. The van der Waals surface area contributed by atoms with Crippen LogP contribution in [0.3, 0.4) is 0 Å². The van der Waals surface area contributed by atoms with Gasteiger partial charge >= 0.3 is 0 Å². The minimum absolute atomic E-state index is 0.240. The lowest BCUT2D eigenvalue weighted by molar-refractivity contribution is -0.133. The summed E-state index contributed by atoms with van der Waals surface area (Å²) in [6, 6.07) is 10.8. The summed E-state index contributed by atoms with van der Waals surface area (Å²) >= 11 is 0. The monoisotopic (exact) mass is 354 g/mol. The third-order valence-electron chi connectivity index (χ3n) is 5.27. The number of hydrogen-bond donors (Lipinski definition) is 0. The maximum absolute atomic E-state index is 12.7. The summed E-state index contributed by atoms with van der Waals surface area (Å²) in [4.78, 5) is 17.1. The zero-order valence-corrected chi connectivity index (χ0v) is 16.4. The van der Waals surface area contributed by atoms with E-state index in [0.29, 0.717) is 6.42 Å². The highest BCUT2D eigenvalue weighted by Gasteiger charge is 2.27. The number of benzene rings is 1. The highest BCUT2D eigenvalue weighted by Crippen LogP contribution is 2.23. The number of piperazine rings is 1. The van der Waals surface area contributed by atoms with E-state index in [4.69, 9.17) is 0 Å². The third-order valence-corrected chi connectivity index (χ3v) is 5.27. The van der Waals surface area contributed by atoms with Crippen LogP contribution in [0.1, 0.15) is 36.7 Å². The third kappa shape index (κ3) is 4.09. The molecule has 3 rings (SSSR count). The molecule has 5 heteroatoms. The first-order valence-corrected chi connectivity index (χ1v) is 9.57. The molecule has 0 radical (unpaired) electrons. The van der Waals surface area contributed by atoms with E-state index in [-0.39, 0.29) is 11.9 Å². The van der Waals surface area contributed by atoms with Crippen LogP contribution in [-0.4, -0.2) is 46.3 Å². The predicted molar refractivity (Wildman–Crippen MR) is 106 cm³/mol. The average Bonchev–Trinajstić information content (AvgIpc) is 2.92. The number of aromatic nitrogens is 2. The molecule has 1 aliphatic heterocycles. The van der Waals surface area contributed by atoms with Crippen LogP contribution in [0, 0.1) is 20.8 Å². The second-order valence-electron chi connectivity index (χ2n) is 7.42. The van der Waals surface area contributed by atoms with Crippen LogP contribution in [0.25, 0.3) is 0 Å². The van der Waals surface area contributed by atoms with Crippen molar-refractivity contribution in [2.24, 2.45) is 0 Å². The van der Waals surface area contributed by atoms with Crippen molar-refractivity contribution in [2.75, 3.05) is 24.5 Å². The quantitative estimate of drug-likeness (QED) is 0.827. The van der Waals surface area contributed by atoms with Crippen molar-refractivity contribution in [3.63, 3.8) is 0 Å². The van der Waals surface area contributed by atoms with Crippen LogP contribution < -0.4 is 4.90 Å². The number of carbonyl (C=O) groups excluding carboxylic acids is 1. The van der Waals surface area contributed by atoms with Gasteiger partial charge in [0.25, 0.3) is 0 Å². The summed E-state index contributed by atoms with van der Waals surface area (Å²) in [6.07, 6.45) is 1.43. The van der Waals surface area contributed by atoms with Gasteiger partial charge in [-0.15, -0.1) is 0 Å². The molecule has 1 aromatic carbocycles. The minimum atomic E-state index is 0.240. The summed E-state index contributed by atoms with van der Waals surface area (Å²) in [5.74, 6) is 0.267. The normalized spacial score (nSPS) is 17.6. The first-order valence-electron chi connectivity index (χ1n) is 9.57. The highest BCUT2D eigenvalue weighted by atomic mass is 16.2. The lowest BCUT2D eigenvalue weighted by Gasteiger charge is -2.41. The summed E-state index contributed by atoms with van der Waals surface area (Å²) in [5, 5.41) is 4.47. The van der Waals surface area contributed by atoms with Crippen molar-refractivity contribution >= 4 is 11.6 Å². The van der Waals surface area contributed by atoms with Gasteiger partial charge in [0, 0.05) is 50.0 Å². The maximum atomic E-state index is 12.7. The van der Waals surface area contributed by atoms with Crippen molar-refractivity contribution in [1.82, 2.24) is 14.7 Å². The molecule has 0 aliphatic carbocycles. The van der Waals surface area contributed by atoms with E-state index >= 15 is 0 Å². The zero-order valence-electron chi connectivity index (χ0n) is 16.4. The van der Waals surface area contributed by atoms with Gasteiger partial charge in [-0.3, -0.25) is 9.48 Å². The SMILES string of the molecule is Cc1cc(C)n(CCCC(=O)N2CCN(c3ccccc3C)CC2C)n1. The molecule has 140 valence electrons. The molecule has 1 saturated heterocycles. The van der Waals surface area contributed by atoms with E-state index in [1.807, 2.05) is 11.6 Å². The first kappa shape index (κ1) is 18.5. The molecule has 0 spiro atoms. The van der Waals surface area contributed by atoms with E-state index in [1.165, 1.54) is 11.3 Å². The van der Waals surface area contributed by atoms with Crippen molar-refractivity contribution in [2.45, 2.75) is 53.1 Å². The Morgan fingerprint density at radius 1 is 1.19 bits per heavy atom. The van der Waals surface area contributed by atoms with Crippen LogP contribution in [0.2, 0.25) is 0 Å². The Morgan fingerprint density at radius 3 is 2.62 bits per heavy atom. The summed E-state index contributed by atoms with van der Waals surface area (Å²) in [6.45, 7) is 11.8. The molecular formula is C21H30N4O. The van der Waals surface area contributed by atoms with Crippen LogP contribution >= 0.6 is 0 Å². The van der Waals surface area contributed by atoms with Crippen LogP contribution in [0.15, 0.2) is 30.3 Å². The minimum Gasteiger partial charge on any atom is -0.367 e. The van der Waals surface area contributed by atoms with Crippen LogP contribution in [0.5, 0.6) is 0 Å². The topological polar surface area (TPSA) is 41.4 Å². The fourth-order valence-corrected chi connectivity index (χ4v) is 3.89. The number of hydrogen-bond acceptors (Lipinski definition) is 3. The standard InChI is InChI=1S/C21H30N4O/c1-16-8-5-6-9-20(16)23-12-13-24(19(4)15-23)21(26)10-7-11-25-18(3)14-17(2)22-25/h5-6,8-9,14,19H,7,10-13,15H2,1-4H3. The van der Waals surface area contributed by atoms with Gasteiger partial charge in [0.05, 0.1) is 5.69 Å². The molecule has 1 atom stereocenters. The smallest absolute Gasteiger partial charge is 0.222 e. The molecule has 1 unspecified atom stereocenters. The molecule has 1 aromatic heterocycles. The second-order valence-corrected chi connectivity index (χ2v) is 7.42. The van der Waals surface area contributed by atoms with E-state index in [1.54, 1.807) is 0 Å². The predicted octanol–water partition coefficient (Wildman–Crippen LogP) is 3.33. The molecule has 0 bridgehead atoms. The van der Waals surface area contributed by atoms with Crippen molar-refractivity contribution in [3.05, 3.63) is 47.3 Å². The molecular weight excluding hydrogens is 324 g/mol. The van der Waals surface area contributed by atoms with Gasteiger partial charge in [0.2, 0.25) is 5.91 Å². The summed E-state index contributed by atoms with van der Waals surface area (Å²) < 4.78 is 2.00. The molecule has 0 saturated carbocycles. The summed E-state index contributed by atoms with van der Waals surface area (Å²) in [7, 11) is 0. The number of nitrogens with zero attached hydrogens (tertiary/aromatic N) is 4. The van der Waals surface area contributed by atoms with Gasteiger partial charge in [0.15, 0.2) is 0 Å². The van der Waals surface area contributed by atoms with E-state index < -0.39 is 0 Å². The second kappa shape index (κ2) is 7.94. The molecule has 0 N–H and O–H groups in total. The van der Waals surface area contributed by atoms with E-state index in [9.17, 15) is 4.79 Å². The van der Waals surface area contributed by atoms with Gasteiger partial charge < -0.3 is 9.80 Å². The van der Waals surface area contributed by atoms with E-state index in [2.05, 4.69) is 66.0 Å². The molecule has 1 fully saturated rings. The number of anilines is 1. The number of aryl methyl sites for hydroxylation is 4. The lowest BCUT2D eigenvalue weighted by atomic mass is 10.1. The number of carbonyl (C=O) groups is 1. The molecule has 5 nitrogen and oxygen atoms in total. The number of amides is 1. The Kier molecular flexibility index (Phi) is 5.64. The Bertz CT molecular complexity index is 767. The van der Waals surface area contributed by atoms with Crippen LogP contribution in [0.4, 0.5) is 5.69 Å². The first-order chi connectivity index (χ1) is 12.5. The Morgan fingerprint density at radius 2 is 1.96 bits per heavy atom. The van der Waals surface area contributed by atoms with Crippen LogP contribution in [-0.2, 0) is 11.3 Å². The maximum Gasteiger partial charge on any atom is 0.222 e. The van der Waals surface area contributed by atoms with Gasteiger partial charge in [-0.2, -0.15) is 5.10 Å². The largest absolute Gasteiger partial charge is 0.367 e. The number of para-hydroxylation sites is 1. The Balaban J connectivity index is 1.51. The lowest BCUT2D eigenvalue weighted by Crippen LogP contribution is -2.54. The van der Waals surface area contributed by atoms with Gasteiger partial charge in [-0.05, 0) is 51.8 Å². The number of rotatable bonds is 5. The Labute approximate surface area is 156 Å². The molecule has 2 heterocycles. The van der Waals surface area contributed by atoms with Crippen molar-refractivity contribution < 1.29 is 4.79 Å². The summed E-state index contributed by atoms with van der Waals surface area (Å²) in [5.41, 5.74) is 4.78.